The fourth-order valence-corrected chi connectivity index (χ4v) is 7.46. The molecule has 1 aliphatic carbocycles. The van der Waals surface area contributed by atoms with Crippen molar-refractivity contribution >= 4 is 45.4 Å². The van der Waals surface area contributed by atoms with Crippen LogP contribution in [0.25, 0.3) is 11.4 Å². The van der Waals surface area contributed by atoms with Gasteiger partial charge < -0.3 is 25.0 Å². The minimum atomic E-state index is -4.41. The van der Waals surface area contributed by atoms with Crippen LogP contribution >= 0.6 is 11.6 Å². The Kier molecular flexibility index (Phi) is 11.4. The van der Waals surface area contributed by atoms with E-state index in [1.807, 2.05) is 4.72 Å². The third-order valence-corrected chi connectivity index (χ3v) is 10.8. The number of methoxy groups -OCH3 is 1. The van der Waals surface area contributed by atoms with Crippen LogP contribution in [0.1, 0.15) is 66.0 Å². The summed E-state index contributed by atoms with van der Waals surface area (Å²) in [5.74, 6) is -2.28. The lowest BCUT2D eigenvalue weighted by Gasteiger charge is -2.36. The molecule has 17 nitrogen and oxygen atoms in total. The van der Waals surface area contributed by atoms with Crippen LogP contribution in [-0.2, 0) is 29.1 Å². The molecule has 296 valence electrons. The van der Waals surface area contributed by atoms with Crippen molar-refractivity contribution in [3.63, 3.8) is 0 Å². The Hall–Kier alpha value is -5.10. The van der Waals surface area contributed by atoms with Crippen molar-refractivity contribution in [2.24, 2.45) is 11.3 Å². The molecule has 0 radical (unpaired) electrons. The molecule has 3 heterocycles. The number of aromatic nitrogens is 5. The molecular formula is C36H46ClN9O8S. The van der Waals surface area contributed by atoms with Crippen LogP contribution in [0.3, 0.4) is 0 Å². The molecule has 0 bridgehead atoms. The topological polar surface area (TPSA) is 217 Å². The second-order valence-electron chi connectivity index (χ2n) is 15.7. The van der Waals surface area contributed by atoms with E-state index in [4.69, 9.17) is 21.1 Å². The maximum absolute atomic E-state index is 14.5. The van der Waals surface area contributed by atoms with Crippen molar-refractivity contribution < 1.29 is 37.1 Å². The summed E-state index contributed by atoms with van der Waals surface area (Å²) in [5, 5.41) is 18.3. The van der Waals surface area contributed by atoms with Gasteiger partial charge in [-0.25, -0.2) is 14.5 Å². The summed E-state index contributed by atoms with van der Waals surface area (Å²) >= 11 is 6.33. The number of pyridine rings is 1. The molecule has 3 aromatic rings. The maximum Gasteiger partial charge on any atom is 0.408 e. The van der Waals surface area contributed by atoms with Gasteiger partial charge in [-0.3, -0.25) is 14.4 Å². The zero-order valence-corrected chi connectivity index (χ0v) is 33.5. The normalized spacial score (nSPS) is 21.6. The lowest BCUT2D eigenvalue weighted by molar-refractivity contribution is -0.143. The standard InChI is InChI=1S/C36H46ClN9O8S/c1-10-22-17-36(22,32(49)43-55(51,52)27-14-11-20(2)18-38-27)40-30(47)25-16-23(46-42-29(41-44-46)21-12-13-26(53-9)24(37)15-21)19-45(25)31(48)28(34(3,4)5)39-33(50)54-35(6,7)8/h10-15,18,22-23,25,28H,1,16-17,19H2,2-9H3,(H,39,50)(H,40,47)(H,43,49)/t22-,23-,25+,28-,36-/m1/s1. The van der Waals surface area contributed by atoms with E-state index in [1.165, 1.54) is 41.2 Å². The molecule has 2 aliphatic rings. The number of sulfonamides is 1. The number of amides is 4. The fourth-order valence-electron chi connectivity index (χ4n) is 6.23. The average Bonchev–Trinajstić information content (AvgIpc) is 3.38. The number of nitrogens with one attached hydrogen (secondary N) is 3. The highest BCUT2D eigenvalue weighted by Gasteiger charge is 2.61. The van der Waals surface area contributed by atoms with Crippen LogP contribution in [0.4, 0.5) is 4.79 Å². The van der Waals surface area contributed by atoms with Gasteiger partial charge in [-0.05, 0) is 74.6 Å². The largest absolute Gasteiger partial charge is 0.495 e. The summed E-state index contributed by atoms with van der Waals surface area (Å²) in [4.78, 5) is 62.1. The number of carbonyl (C=O) groups excluding carboxylic acids is 4. The van der Waals surface area contributed by atoms with Gasteiger partial charge in [-0.2, -0.15) is 13.2 Å². The Balaban J connectivity index is 1.46. The highest BCUT2D eigenvalue weighted by atomic mass is 35.5. The average molecular weight is 800 g/mol. The van der Waals surface area contributed by atoms with Gasteiger partial charge in [0.15, 0.2) is 5.03 Å². The molecule has 4 amide bonds. The van der Waals surface area contributed by atoms with E-state index in [-0.39, 0.29) is 30.2 Å². The first-order valence-corrected chi connectivity index (χ1v) is 19.3. The van der Waals surface area contributed by atoms with Gasteiger partial charge in [0.25, 0.3) is 15.9 Å². The van der Waals surface area contributed by atoms with E-state index in [1.54, 1.807) is 66.7 Å². The number of nitrogens with zero attached hydrogens (tertiary/aromatic N) is 6. The number of tetrazole rings is 1. The quantitative estimate of drug-likeness (QED) is 0.238. The third-order valence-electron chi connectivity index (χ3n) is 9.24. The van der Waals surface area contributed by atoms with Crippen LogP contribution < -0.4 is 20.1 Å². The summed E-state index contributed by atoms with van der Waals surface area (Å²) in [7, 11) is -2.92. The molecule has 19 heteroatoms. The zero-order valence-electron chi connectivity index (χ0n) is 31.9. The minimum absolute atomic E-state index is 0.0257. The van der Waals surface area contributed by atoms with Crippen LogP contribution in [-0.4, -0.2) is 99.2 Å². The summed E-state index contributed by atoms with van der Waals surface area (Å²) in [6.07, 6.45) is 2.00. The Bertz CT molecular complexity index is 2100. The van der Waals surface area contributed by atoms with E-state index in [2.05, 4.69) is 37.6 Å². The third kappa shape index (κ3) is 9.07. The molecule has 2 fully saturated rings. The molecule has 1 aliphatic heterocycles. The molecule has 5 rings (SSSR count). The molecule has 1 saturated heterocycles. The predicted molar refractivity (Wildman–Crippen MR) is 200 cm³/mol. The molecule has 55 heavy (non-hydrogen) atoms. The van der Waals surface area contributed by atoms with Gasteiger partial charge in [0.2, 0.25) is 17.6 Å². The minimum Gasteiger partial charge on any atom is -0.495 e. The zero-order chi connectivity index (χ0) is 40.7. The summed E-state index contributed by atoms with van der Waals surface area (Å²) < 4.78 is 39.0. The first-order chi connectivity index (χ1) is 25.6. The predicted octanol–water partition coefficient (Wildman–Crippen LogP) is 3.35. The molecule has 0 spiro atoms. The van der Waals surface area contributed by atoms with E-state index >= 15 is 0 Å². The Morgan fingerprint density at radius 3 is 2.38 bits per heavy atom. The van der Waals surface area contributed by atoms with Crippen molar-refractivity contribution in [3.8, 4) is 17.1 Å². The molecule has 2 aromatic heterocycles. The monoisotopic (exact) mass is 799 g/mol. The highest BCUT2D eigenvalue weighted by Crippen LogP contribution is 2.45. The summed E-state index contributed by atoms with van der Waals surface area (Å²) in [6, 6.07) is 4.70. The smallest absolute Gasteiger partial charge is 0.408 e. The highest BCUT2D eigenvalue weighted by molar-refractivity contribution is 7.90. The Labute approximate surface area is 324 Å². The molecule has 1 aromatic carbocycles. The van der Waals surface area contributed by atoms with Crippen LogP contribution in [0.2, 0.25) is 5.02 Å². The number of benzene rings is 1. The van der Waals surface area contributed by atoms with Gasteiger partial charge in [0.05, 0.1) is 18.2 Å². The number of hydrogen-bond donors (Lipinski definition) is 3. The fraction of sp³-hybridized carbons (Fsp3) is 0.500. The van der Waals surface area contributed by atoms with E-state index < -0.39 is 74.4 Å². The van der Waals surface area contributed by atoms with Crippen LogP contribution in [0, 0.1) is 18.3 Å². The Morgan fingerprint density at radius 1 is 1.11 bits per heavy atom. The van der Waals surface area contributed by atoms with Crippen molar-refractivity contribution in [1.29, 1.82) is 0 Å². The summed E-state index contributed by atoms with van der Waals surface area (Å²) in [6.45, 7) is 15.7. The van der Waals surface area contributed by atoms with Gasteiger partial charge in [0, 0.05) is 30.6 Å². The molecular weight excluding hydrogens is 754 g/mol. The van der Waals surface area contributed by atoms with Crippen LogP contribution in [0.15, 0.2) is 54.2 Å². The second kappa shape index (κ2) is 15.2. The first-order valence-electron chi connectivity index (χ1n) is 17.5. The molecule has 3 N–H and O–H groups in total. The van der Waals surface area contributed by atoms with E-state index in [0.717, 1.165) is 0 Å². The molecule has 5 atom stereocenters. The van der Waals surface area contributed by atoms with Crippen molar-refractivity contribution in [2.75, 3.05) is 13.7 Å². The summed E-state index contributed by atoms with van der Waals surface area (Å²) in [5.41, 5.74) is -2.14. The second-order valence-corrected chi connectivity index (χ2v) is 17.8. The van der Waals surface area contributed by atoms with E-state index in [9.17, 15) is 27.6 Å². The van der Waals surface area contributed by atoms with Crippen molar-refractivity contribution in [3.05, 3.63) is 59.8 Å². The Morgan fingerprint density at radius 2 is 1.82 bits per heavy atom. The van der Waals surface area contributed by atoms with Gasteiger partial charge in [-0.1, -0.05) is 44.5 Å². The number of alkyl carbamates (subject to hydrolysis) is 1. The number of likely N-dealkylation sites (tertiary alicyclic amines) is 1. The first kappa shape index (κ1) is 41.1. The number of ether oxygens (including phenoxy) is 2. The molecule has 0 unspecified atom stereocenters. The lowest BCUT2D eigenvalue weighted by atomic mass is 9.85. The lowest BCUT2D eigenvalue weighted by Crippen LogP contribution is -2.60. The van der Waals surface area contributed by atoms with Gasteiger partial charge >= 0.3 is 6.09 Å². The van der Waals surface area contributed by atoms with Gasteiger partial charge in [0.1, 0.15) is 29.0 Å². The van der Waals surface area contributed by atoms with Gasteiger partial charge in [-0.15, -0.1) is 16.8 Å². The van der Waals surface area contributed by atoms with E-state index in [0.29, 0.717) is 21.9 Å². The number of hydrogen-bond acceptors (Lipinski definition) is 12. The molecule has 1 saturated carbocycles. The van der Waals surface area contributed by atoms with Crippen LogP contribution in [0.5, 0.6) is 5.75 Å². The number of halogens is 1. The number of carbonyl (C=O) groups is 4. The maximum atomic E-state index is 14.5. The van der Waals surface area contributed by atoms with Crippen molar-refractivity contribution in [1.82, 2.24) is 45.4 Å². The van der Waals surface area contributed by atoms with Crippen molar-refractivity contribution in [2.45, 2.75) is 95.6 Å². The SMILES string of the molecule is C=C[C@@H]1C[C@]1(NC(=O)[C@@H]1C[C@@H](n2nnc(-c3ccc(OC)c(Cl)c3)n2)CN1C(=O)[C@@H](NC(=O)OC(C)(C)C)C(C)(C)C)C(=O)NS(=O)(=O)c1ccc(C)cn1. The number of rotatable bonds is 11. The number of aryl methyl sites for hydroxylation is 1.